The molecule has 0 amide bonds. The van der Waals surface area contributed by atoms with E-state index in [1.54, 1.807) is 0 Å². The fraction of sp³-hybridized carbons (Fsp3) is 0.0213. The van der Waals surface area contributed by atoms with E-state index in [0.717, 1.165) is 93.2 Å². The quantitative estimate of drug-likeness (QED) is 0.146. The molecule has 0 aliphatic rings. The summed E-state index contributed by atoms with van der Waals surface area (Å²) in [6, 6.07) is 56.0. The molecule has 0 atom stereocenters. The monoisotopic (exact) mass is 669 g/mol. The molecule has 0 bridgehead atoms. The molecule has 5 heteroatoms. The van der Waals surface area contributed by atoms with Gasteiger partial charge in [-0.1, -0.05) is 127 Å². The minimum absolute atomic E-state index is 0.364. The molecule has 10 aromatic rings. The summed E-state index contributed by atoms with van der Waals surface area (Å²) in [5, 5.41) is 8.61. The highest BCUT2D eigenvalue weighted by Crippen LogP contribution is 2.41. The van der Waals surface area contributed by atoms with E-state index in [1.165, 1.54) is 0 Å². The van der Waals surface area contributed by atoms with Crippen molar-refractivity contribution >= 4 is 77.1 Å². The van der Waals surface area contributed by atoms with Crippen LogP contribution in [0, 0.1) is 0 Å². The number of nitrogens with two attached hydrogens (primary N) is 1. The molecular formula is C47H31N3O2. The third-order valence-electron chi connectivity index (χ3n) is 9.96. The number of amidine groups is 2. The van der Waals surface area contributed by atoms with Crippen LogP contribution < -0.4 is 5.73 Å². The number of hydrogen-bond acceptors (Lipinski definition) is 3. The molecule has 10 rings (SSSR count). The van der Waals surface area contributed by atoms with Gasteiger partial charge in [-0.15, -0.1) is 0 Å². The fourth-order valence-corrected chi connectivity index (χ4v) is 7.44. The first-order chi connectivity index (χ1) is 25.7. The van der Waals surface area contributed by atoms with E-state index in [-0.39, 0.29) is 0 Å². The van der Waals surface area contributed by atoms with Crippen LogP contribution in [0.5, 0.6) is 0 Å². The Labute approximate surface area is 299 Å². The molecule has 0 saturated heterocycles. The Kier molecular flexibility index (Phi) is 6.96. The SMILES string of the molecule is NC(=NC(=NCc1ccccc1)c1ccc2ccccc2c1)c1cccc2oc3cccc(-c4ccc5c(c4)oc4c6ccccc6ccc54)c3c12. The van der Waals surface area contributed by atoms with Gasteiger partial charge in [0, 0.05) is 38.1 Å². The van der Waals surface area contributed by atoms with Crippen LogP contribution in [0.2, 0.25) is 0 Å². The van der Waals surface area contributed by atoms with Crippen molar-refractivity contribution in [2.45, 2.75) is 6.54 Å². The first-order valence-electron chi connectivity index (χ1n) is 17.4. The van der Waals surface area contributed by atoms with Crippen LogP contribution in [0.4, 0.5) is 0 Å². The van der Waals surface area contributed by atoms with Crippen molar-refractivity contribution in [2.75, 3.05) is 0 Å². The third-order valence-corrected chi connectivity index (χ3v) is 9.96. The standard InChI is InChI=1S/C47H31N3O2/c48-46(50-47(49-28-29-10-2-1-3-11-29)34-21-20-30-12-4-5-14-32(30)26-34)39-17-9-19-41-44(39)43-35(16-8-18-40(43)51-41)33-23-24-37-38-25-22-31-13-6-7-15-36(31)45(38)52-42(37)27-33/h1-27H,28H2,(H2,48,49,50). The zero-order valence-electron chi connectivity index (χ0n) is 28.1. The fourth-order valence-electron chi connectivity index (χ4n) is 7.44. The van der Waals surface area contributed by atoms with Crippen LogP contribution in [-0.4, -0.2) is 11.7 Å². The van der Waals surface area contributed by atoms with Crippen LogP contribution in [0.3, 0.4) is 0 Å². The second-order valence-corrected chi connectivity index (χ2v) is 13.1. The van der Waals surface area contributed by atoms with Crippen molar-refractivity contribution in [1.82, 2.24) is 0 Å². The Hall–Kier alpha value is -6.98. The molecule has 8 aromatic carbocycles. The summed E-state index contributed by atoms with van der Waals surface area (Å²) >= 11 is 0. The molecule has 52 heavy (non-hydrogen) atoms. The summed E-state index contributed by atoms with van der Waals surface area (Å²) in [5.74, 6) is 0.933. The van der Waals surface area contributed by atoms with E-state index in [1.807, 2.05) is 60.7 Å². The molecule has 0 radical (unpaired) electrons. The van der Waals surface area contributed by atoms with Crippen molar-refractivity contribution in [3.8, 4) is 11.1 Å². The third kappa shape index (κ3) is 5.02. The molecule has 0 aliphatic carbocycles. The molecule has 0 fully saturated rings. The van der Waals surface area contributed by atoms with Gasteiger partial charge in [0.2, 0.25) is 0 Å². The van der Waals surface area contributed by atoms with E-state index >= 15 is 0 Å². The van der Waals surface area contributed by atoms with Gasteiger partial charge in [-0.05, 0) is 69.2 Å². The maximum absolute atomic E-state index is 7.00. The minimum Gasteiger partial charge on any atom is -0.456 e. The van der Waals surface area contributed by atoms with Gasteiger partial charge in [0.05, 0.1) is 6.54 Å². The van der Waals surface area contributed by atoms with E-state index in [9.17, 15) is 0 Å². The van der Waals surface area contributed by atoms with E-state index in [2.05, 4.69) is 103 Å². The van der Waals surface area contributed by atoms with Crippen molar-refractivity contribution in [3.63, 3.8) is 0 Å². The number of furan rings is 2. The second kappa shape index (κ2) is 12.1. The molecule has 0 spiro atoms. The van der Waals surface area contributed by atoms with Crippen LogP contribution in [0.25, 0.3) is 76.5 Å². The smallest absolute Gasteiger partial charge is 0.157 e. The predicted octanol–water partition coefficient (Wildman–Crippen LogP) is 11.8. The molecular weight excluding hydrogens is 639 g/mol. The van der Waals surface area contributed by atoms with Crippen molar-refractivity contribution in [2.24, 2.45) is 15.7 Å². The van der Waals surface area contributed by atoms with Gasteiger partial charge in [-0.3, -0.25) is 4.99 Å². The van der Waals surface area contributed by atoms with Crippen LogP contribution in [-0.2, 0) is 6.54 Å². The summed E-state index contributed by atoms with van der Waals surface area (Å²) in [5.41, 5.74) is 15.1. The van der Waals surface area contributed by atoms with Gasteiger partial charge in [0.15, 0.2) is 5.84 Å². The number of benzene rings is 8. The number of fused-ring (bicyclic) bond motifs is 9. The van der Waals surface area contributed by atoms with Gasteiger partial charge in [-0.25, -0.2) is 4.99 Å². The molecule has 0 aliphatic heterocycles. The second-order valence-electron chi connectivity index (χ2n) is 13.1. The maximum atomic E-state index is 7.00. The number of rotatable bonds is 5. The summed E-state index contributed by atoms with van der Waals surface area (Å²) in [7, 11) is 0. The van der Waals surface area contributed by atoms with Crippen LogP contribution in [0.1, 0.15) is 16.7 Å². The first kappa shape index (κ1) is 29.9. The Morgan fingerprint density at radius 3 is 2.13 bits per heavy atom. The summed E-state index contributed by atoms with van der Waals surface area (Å²) in [4.78, 5) is 10.1. The zero-order valence-corrected chi connectivity index (χ0v) is 28.1. The number of hydrogen-bond donors (Lipinski definition) is 1. The average Bonchev–Trinajstić information content (AvgIpc) is 3.78. The van der Waals surface area contributed by atoms with Crippen molar-refractivity contribution < 1.29 is 8.83 Å². The highest BCUT2D eigenvalue weighted by atomic mass is 16.3. The largest absolute Gasteiger partial charge is 0.456 e. The number of aliphatic imine (C=N–C) groups is 2. The lowest BCUT2D eigenvalue weighted by molar-refractivity contribution is 0.669. The lowest BCUT2D eigenvalue weighted by atomic mass is 9.96. The van der Waals surface area contributed by atoms with Gasteiger partial charge in [0.25, 0.3) is 0 Å². The molecule has 5 nitrogen and oxygen atoms in total. The average molecular weight is 670 g/mol. The lowest BCUT2D eigenvalue weighted by Crippen LogP contribution is -2.17. The predicted molar refractivity (Wildman–Crippen MR) is 215 cm³/mol. The van der Waals surface area contributed by atoms with Gasteiger partial charge < -0.3 is 14.6 Å². The molecule has 2 aromatic heterocycles. The summed E-state index contributed by atoms with van der Waals surface area (Å²) in [6.07, 6.45) is 0. The van der Waals surface area contributed by atoms with Crippen LogP contribution in [0.15, 0.2) is 183 Å². The van der Waals surface area contributed by atoms with E-state index < -0.39 is 0 Å². The minimum atomic E-state index is 0.364. The molecule has 0 saturated carbocycles. The van der Waals surface area contributed by atoms with Crippen molar-refractivity contribution in [1.29, 1.82) is 0 Å². The summed E-state index contributed by atoms with van der Waals surface area (Å²) in [6.45, 7) is 0.475. The topological polar surface area (TPSA) is 77.0 Å². The van der Waals surface area contributed by atoms with Gasteiger partial charge >= 0.3 is 0 Å². The van der Waals surface area contributed by atoms with Gasteiger partial charge in [0.1, 0.15) is 28.2 Å². The Morgan fingerprint density at radius 1 is 0.519 bits per heavy atom. The Morgan fingerprint density at radius 2 is 1.25 bits per heavy atom. The van der Waals surface area contributed by atoms with E-state index in [4.69, 9.17) is 24.6 Å². The van der Waals surface area contributed by atoms with E-state index in [0.29, 0.717) is 18.2 Å². The summed E-state index contributed by atoms with van der Waals surface area (Å²) < 4.78 is 13.0. The van der Waals surface area contributed by atoms with Crippen molar-refractivity contribution in [3.05, 3.63) is 180 Å². The Balaban J connectivity index is 1.13. The molecule has 246 valence electrons. The number of nitrogens with zero attached hydrogens (tertiary/aromatic N) is 2. The molecule has 2 N–H and O–H groups in total. The Bertz CT molecular complexity index is 3060. The first-order valence-corrected chi connectivity index (χ1v) is 17.4. The zero-order chi connectivity index (χ0) is 34.6. The lowest BCUT2D eigenvalue weighted by Gasteiger charge is -2.09. The molecule has 0 unspecified atom stereocenters. The highest BCUT2D eigenvalue weighted by molar-refractivity contribution is 6.24. The highest BCUT2D eigenvalue weighted by Gasteiger charge is 2.19. The maximum Gasteiger partial charge on any atom is 0.157 e. The normalized spacial score (nSPS) is 12.6. The van der Waals surface area contributed by atoms with Gasteiger partial charge in [-0.2, -0.15) is 0 Å². The van der Waals surface area contributed by atoms with Crippen LogP contribution >= 0.6 is 0 Å². The molecule has 2 heterocycles.